The van der Waals surface area contributed by atoms with Gasteiger partial charge in [-0.2, -0.15) is 0 Å². The van der Waals surface area contributed by atoms with Crippen molar-refractivity contribution < 1.29 is 0 Å². The molecule has 17 heavy (non-hydrogen) atoms. The van der Waals surface area contributed by atoms with Crippen LogP contribution in [0.4, 0.5) is 0 Å². The van der Waals surface area contributed by atoms with E-state index < -0.39 is 0 Å². The van der Waals surface area contributed by atoms with Crippen LogP contribution in [0.3, 0.4) is 0 Å². The van der Waals surface area contributed by atoms with Gasteiger partial charge in [-0.25, -0.2) is 0 Å². The molecule has 1 saturated carbocycles. The van der Waals surface area contributed by atoms with Crippen molar-refractivity contribution in [1.82, 2.24) is 0 Å². The molecule has 0 saturated heterocycles. The van der Waals surface area contributed by atoms with Gasteiger partial charge in [0.2, 0.25) is 0 Å². The van der Waals surface area contributed by atoms with Crippen LogP contribution in [-0.4, -0.2) is 21.4 Å². The van der Waals surface area contributed by atoms with Gasteiger partial charge in [-0.1, -0.05) is 0 Å². The van der Waals surface area contributed by atoms with Crippen LogP contribution >= 0.6 is 47.8 Å². The Morgan fingerprint density at radius 3 is 2.41 bits per heavy atom. The standard InChI is InChI=1S/C13H15Br3Se/c1-2-3-9-11-12(14,15)13(11,16)17-10-7-5-4-6-8-10/h4-8,11H,2-3,9H2,1H3. The third kappa shape index (κ3) is 2.86. The molecule has 4 heteroatoms. The summed E-state index contributed by atoms with van der Waals surface area (Å²) in [5, 5.41) is 0. The Morgan fingerprint density at radius 1 is 1.18 bits per heavy atom. The molecule has 0 bridgehead atoms. The van der Waals surface area contributed by atoms with Crippen LogP contribution in [0.25, 0.3) is 0 Å². The SMILES string of the molecule is CCCCC1C(Br)(Br)C1(Br)[Se]c1ccccc1. The molecule has 0 spiro atoms. The van der Waals surface area contributed by atoms with E-state index in [0.29, 0.717) is 20.9 Å². The molecule has 0 aliphatic heterocycles. The van der Waals surface area contributed by atoms with Crippen LogP contribution in [0.15, 0.2) is 30.3 Å². The number of benzene rings is 1. The second-order valence-electron chi connectivity index (χ2n) is 4.38. The van der Waals surface area contributed by atoms with Crippen molar-refractivity contribution >= 4 is 67.2 Å². The van der Waals surface area contributed by atoms with Crippen molar-refractivity contribution in [3.63, 3.8) is 0 Å². The molecule has 0 heterocycles. The second kappa shape index (κ2) is 5.66. The van der Waals surface area contributed by atoms with Crippen LogP contribution in [0.5, 0.6) is 0 Å². The van der Waals surface area contributed by atoms with Crippen LogP contribution in [0, 0.1) is 5.92 Å². The molecule has 1 aromatic rings. The first kappa shape index (κ1) is 14.6. The van der Waals surface area contributed by atoms with E-state index in [1.807, 2.05) is 0 Å². The Labute approximate surface area is 135 Å². The molecule has 0 N–H and O–H groups in total. The molecule has 2 atom stereocenters. The van der Waals surface area contributed by atoms with Crippen molar-refractivity contribution in [2.45, 2.75) is 32.6 Å². The fourth-order valence-electron chi connectivity index (χ4n) is 1.99. The maximum atomic E-state index is 3.98. The zero-order valence-electron chi connectivity index (χ0n) is 9.63. The number of alkyl halides is 3. The number of rotatable bonds is 5. The quantitative estimate of drug-likeness (QED) is 0.424. The van der Waals surface area contributed by atoms with Gasteiger partial charge < -0.3 is 0 Å². The summed E-state index contributed by atoms with van der Waals surface area (Å²) in [7, 11) is 0. The van der Waals surface area contributed by atoms with Crippen LogP contribution in [-0.2, 0) is 0 Å². The monoisotopic (exact) mass is 488 g/mol. The topological polar surface area (TPSA) is 0 Å². The Bertz CT molecular complexity index is 380. The van der Waals surface area contributed by atoms with Gasteiger partial charge in [-0.15, -0.1) is 0 Å². The molecule has 0 radical (unpaired) electrons. The number of hydrogen-bond acceptors (Lipinski definition) is 0. The van der Waals surface area contributed by atoms with Gasteiger partial charge in [0.1, 0.15) is 0 Å². The van der Waals surface area contributed by atoms with Gasteiger partial charge in [0.15, 0.2) is 0 Å². The molecule has 0 aromatic heterocycles. The zero-order chi connectivity index (χ0) is 12.5. The van der Waals surface area contributed by atoms with Crippen molar-refractivity contribution in [3.05, 3.63) is 30.3 Å². The number of hydrogen-bond donors (Lipinski definition) is 0. The van der Waals surface area contributed by atoms with Gasteiger partial charge in [0.25, 0.3) is 0 Å². The summed E-state index contributed by atoms with van der Waals surface area (Å²) in [5.74, 6) is 0.690. The Morgan fingerprint density at radius 2 is 1.82 bits per heavy atom. The minimum absolute atomic E-state index is 0.0952. The third-order valence-electron chi connectivity index (χ3n) is 3.11. The van der Waals surface area contributed by atoms with E-state index in [1.165, 1.54) is 23.7 Å². The van der Waals surface area contributed by atoms with Crippen molar-refractivity contribution in [1.29, 1.82) is 0 Å². The fourth-order valence-corrected chi connectivity index (χ4v) is 10.0. The molecule has 0 amide bonds. The van der Waals surface area contributed by atoms with Crippen LogP contribution < -0.4 is 4.46 Å². The Hall–Kier alpha value is 1.18. The van der Waals surface area contributed by atoms with Gasteiger partial charge in [0, 0.05) is 0 Å². The summed E-state index contributed by atoms with van der Waals surface area (Å²) in [5.41, 5.74) is 0. The van der Waals surface area contributed by atoms with Gasteiger partial charge >= 0.3 is 136 Å². The summed E-state index contributed by atoms with van der Waals surface area (Å²) in [4.78, 5) is 0. The number of unbranched alkanes of at least 4 members (excludes halogenated alkanes) is 1. The molecule has 1 aromatic carbocycles. The molecule has 94 valence electrons. The Balaban J connectivity index is 2.05. The van der Waals surface area contributed by atoms with E-state index in [1.54, 1.807) is 0 Å². The van der Waals surface area contributed by atoms with E-state index in [9.17, 15) is 0 Å². The zero-order valence-corrected chi connectivity index (χ0v) is 16.1. The average molecular weight is 490 g/mol. The summed E-state index contributed by atoms with van der Waals surface area (Å²) < 4.78 is 1.78. The summed E-state index contributed by atoms with van der Waals surface area (Å²) in [6.07, 6.45) is 3.86. The van der Waals surface area contributed by atoms with Crippen LogP contribution in [0.2, 0.25) is 0 Å². The first-order valence-electron chi connectivity index (χ1n) is 5.83. The first-order chi connectivity index (χ1) is 8.02. The van der Waals surface area contributed by atoms with Crippen molar-refractivity contribution in [2.24, 2.45) is 5.92 Å². The average Bonchev–Trinajstić information content (AvgIpc) is 2.70. The van der Waals surface area contributed by atoms with Gasteiger partial charge in [0.05, 0.1) is 0 Å². The normalized spacial score (nSPS) is 30.2. The van der Waals surface area contributed by atoms with E-state index in [2.05, 4.69) is 85.0 Å². The molecule has 1 fully saturated rings. The van der Waals surface area contributed by atoms with Gasteiger partial charge in [-0.3, -0.25) is 0 Å². The van der Waals surface area contributed by atoms with E-state index in [-0.39, 0.29) is 6.46 Å². The minimum atomic E-state index is 0.0952. The molecular formula is C13H15Br3Se. The third-order valence-corrected chi connectivity index (χ3v) is 12.7. The molecular weight excluding hydrogens is 475 g/mol. The summed E-state index contributed by atoms with van der Waals surface area (Å²) in [6, 6.07) is 10.8. The van der Waals surface area contributed by atoms with Crippen LogP contribution in [0.1, 0.15) is 26.2 Å². The summed E-state index contributed by atoms with van der Waals surface area (Å²) >= 11 is 12.1. The maximum absolute atomic E-state index is 3.98. The molecule has 2 rings (SSSR count). The second-order valence-corrected chi connectivity index (χ2v) is 13.1. The van der Waals surface area contributed by atoms with E-state index >= 15 is 0 Å². The Kier molecular flexibility index (Phi) is 4.86. The molecule has 1 aliphatic carbocycles. The predicted molar refractivity (Wildman–Crippen MR) is 87.1 cm³/mol. The van der Waals surface area contributed by atoms with Gasteiger partial charge in [-0.05, 0) is 0 Å². The molecule has 2 unspecified atom stereocenters. The number of halogens is 3. The molecule has 1 aliphatic rings. The van der Waals surface area contributed by atoms with Crippen molar-refractivity contribution in [2.75, 3.05) is 0 Å². The van der Waals surface area contributed by atoms with E-state index in [4.69, 9.17) is 0 Å². The summed E-state index contributed by atoms with van der Waals surface area (Å²) in [6.45, 7) is 2.25. The van der Waals surface area contributed by atoms with Crippen molar-refractivity contribution in [3.8, 4) is 0 Å². The molecule has 0 nitrogen and oxygen atoms in total. The fraction of sp³-hybridized carbons (Fsp3) is 0.538. The van der Waals surface area contributed by atoms with E-state index in [0.717, 1.165) is 0 Å². The first-order valence-corrected chi connectivity index (χ1v) is 9.92. The predicted octanol–water partition coefficient (Wildman–Crippen LogP) is 4.41.